The van der Waals surface area contributed by atoms with E-state index in [2.05, 4.69) is 4.99 Å². The molecule has 0 radical (unpaired) electrons. The predicted molar refractivity (Wildman–Crippen MR) is 89.9 cm³/mol. The fourth-order valence-corrected chi connectivity index (χ4v) is 1.95. The van der Waals surface area contributed by atoms with Gasteiger partial charge in [-0.05, 0) is 52.3 Å². The molecule has 0 aliphatic heterocycles. The maximum Gasteiger partial charge on any atom is 0.338 e. The van der Waals surface area contributed by atoms with E-state index < -0.39 is 5.60 Å². The van der Waals surface area contributed by atoms with Crippen molar-refractivity contribution < 1.29 is 9.53 Å². The highest BCUT2D eigenvalue weighted by molar-refractivity contribution is 5.89. The van der Waals surface area contributed by atoms with Crippen molar-refractivity contribution in [2.45, 2.75) is 46.8 Å². The zero-order valence-corrected chi connectivity index (χ0v) is 14.2. The zero-order valence-electron chi connectivity index (χ0n) is 14.2. The van der Waals surface area contributed by atoms with E-state index in [4.69, 9.17) is 10.5 Å². The fraction of sp³-hybridized carbons (Fsp3) is 0.529. The first-order valence-electron chi connectivity index (χ1n) is 7.64. The molecular formula is C17H27N3O2. The van der Waals surface area contributed by atoms with Crippen LogP contribution in [0.15, 0.2) is 29.3 Å². The van der Waals surface area contributed by atoms with Crippen molar-refractivity contribution in [1.29, 1.82) is 0 Å². The first-order valence-corrected chi connectivity index (χ1v) is 7.64. The van der Waals surface area contributed by atoms with Crippen LogP contribution in [0.1, 0.15) is 50.5 Å². The Morgan fingerprint density at radius 3 is 2.45 bits per heavy atom. The van der Waals surface area contributed by atoms with Crippen molar-refractivity contribution in [3.05, 3.63) is 35.4 Å². The molecule has 0 unspecified atom stereocenters. The van der Waals surface area contributed by atoms with E-state index in [1.54, 1.807) is 12.1 Å². The summed E-state index contributed by atoms with van der Waals surface area (Å²) in [6.07, 6.45) is 0. The van der Waals surface area contributed by atoms with Crippen LogP contribution in [0, 0.1) is 0 Å². The van der Waals surface area contributed by atoms with Crippen LogP contribution in [0.3, 0.4) is 0 Å². The van der Waals surface area contributed by atoms with Gasteiger partial charge in [0.05, 0.1) is 12.1 Å². The molecule has 1 rings (SSSR count). The number of nitrogens with zero attached hydrogens (tertiary/aromatic N) is 2. The molecule has 5 heteroatoms. The molecule has 0 saturated heterocycles. The summed E-state index contributed by atoms with van der Waals surface area (Å²) < 4.78 is 5.37. The van der Waals surface area contributed by atoms with Gasteiger partial charge in [-0.1, -0.05) is 12.1 Å². The molecule has 0 bridgehead atoms. The number of aliphatic imine (C=N–C) groups is 1. The molecule has 0 aromatic heterocycles. The molecule has 0 aliphatic carbocycles. The van der Waals surface area contributed by atoms with Gasteiger partial charge in [0.25, 0.3) is 0 Å². The van der Waals surface area contributed by atoms with Crippen molar-refractivity contribution in [3.63, 3.8) is 0 Å². The molecule has 22 heavy (non-hydrogen) atoms. The second-order valence-corrected chi connectivity index (χ2v) is 6.05. The number of nitrogens with two attached hydrogens (primary N) is 1. The SMILES string of the molecule is CCN(CC)C(N)=NCc1cccc(C(=O)OC(C)(C)C)c1. The summed E-state index contributed by atoms with van der Waals surface area (Å²) in [4.78, 5) is 18.4. The number of carbonyl (C=O) groups excluding carboxylic acids is 1. The molecule has 0 atom stereocenters. The number of carbonyl (C=O) groups is 1. The van der Waals surface area contributed by atoms with Gasteiger partial charge < -0.3 is 15.4 Å². The standard InChI is InChI=1S/C17H27N3O2/c1-6-20(7-2)16(18)19-12-13-9-8-10-14(11-13)15(21)22-17(3,4)5/h8-11H,6-7,12H2,1-5H3,(H2,18,19). The Morgan fingerprint density at radius 1 is 1.27 bits per heavy atom. The lowest BCUT2D eigenvalue weighted by atomic mass is 10.1. The van der Waals surface area contributed by atoms with Gasteiger partial charge in [0.2, 0.25) is 0 Å². The molecule has 1 aromatic carbocycles. The van der Waals surface area contributed by atoms with Crippen molar-refractivity contribution in [3.8, 4) is 0 Å². The maximum atomic E-state index is 12.1. The molecule has 0 amide bonds. The van der Waals surface area contributed by atoms with Crippen LogP contribution in [0.4, 0.5) is 0 Å². The third-order valence-electron chi connectivity index (χ3n) is 3.07. The number of rotatable bonds is 5. The molecule has 1 aromatic rings. The van der Waals surface area contributed by atoms with Gasteiger partial charge in [0.15, 0.2) is 5.96 Å². The van der Waals surface area contributed by atoms with Crippen LogP contribution in [0.5, 0.6) is 0 Å². The Bertz CT molecular complexity index is 529. The van der Waals surface area contributed by atoms with Gasteiger partial charge in [0, 0.05) is 13.1 Å². The number of hydrogen-bond donors (Lipinski definition) is 1. The number of benzene rings is 1. The maximum absolute atomic E-state index is 12.1. The van der Waals surface area contributed by atoms with E-state index in [9.17, 15) is 4.79 Å². The smallest absolute Gasteiger partial charge is 0.338 e. The summed E-state index contributed by atoms with van der Waals surface area (Å²) >= 11 is 0. The van der Waals surface area contributed by atoms with Gasteiger partial charge >= 0.3 is 5.97 Å². The number of hydrogen-bond acceptors (Lipinski definition) is 3. The highest BCUT2D eigenvalue weighted by atomic mass is 16.6. The minimum atomic E-state index is -0.502. The number of guanidine groups is 1. The Labute approximate surface area is 133 Å². The van der Waals surface area contributed by atoms with Gasteiger partial charge in [-0.25, -0.2) is 9.79 Å². The topological polar surface area (TPSA) is 67.9 Å². The van der Waals surface area contributed by atoms with Gasteiger partial charge in [-0.15, -0.1) is 0 Å². The lowest BCUT2D eigenvalue weighted by molar-refractivity contribution is 0.00694. The zero-order chi connectivity index (χ0) is 16.8. The van der Waals surface area contributed by atoms with Gasteiger partial charge in [-0.2, -0.15) is 0 Å². The number of ether oxygens (including phenoxy) is 1. The summed E-state index contributed by atoms with van der Waals surface area (Å²) in [5.74, 6) is 0.197. The molecular weight excluding hydrogens is 278 g/mol. The van der Waals surface area contributed by atoms with Crippen LogP contribution in [0.25, 0.3) is 0 Å². The largest absolute Gasteiger partial charge is 0.456 e. The van der Waals surface area contributed by atoms with Crippen molar-refractivity contribution in [2.24, 2.45) is 10.7 Å². The first kappa shape index (κ1) is 18.0. The van der Waals surface area contributed by atoms with E-state index in [1.165, 1.54) is 0 Å². The highest BCUT2D eigenvalue weighted by Crippen LogP contribution is 2.14. The third kappa shape index (κ3) is 5.76. The fourth-order valence-electron chi connectivity index (χ4n) is 1.95. The highest BCUT2D eigenvalue weighted by Gasteiger charge is 2.17. The number of esters is 1. The molecule has 0 spiro atoms. The molecule has 2 N–H and O–H groups in total. The molecule has 5 nitrogen and oxygen atoms in total. The van der Waals surface area contributed by atoms with Crippen LogP contribution >= 0.6 is 0 Å². The van der Waals surface area contributed by atoms with E-state index in [1.807, 2.05) is 51.7 Å². The van der Waals surface area contributed by atoms with E-state index >= 15 is 0 Å². The van der Waals surface area contributed by atoms with E-state index in [-0.39, 0.29) is 5.97 Å². The van der Waals surface area contributed by atoms with Crippen molar-refractivity contribution in [1.82, 2.24) is 4.90 Å². The van der Waals surface area contributed by atoms with Crippen molar-refractivity contribution in [2.75, 3.05) is 13.1 Å². The second kappa shape index (κ2) is 7.82. The van der Waals surface area contributed by atoms with Crippen molar-refractivity contribution >= 4 is 11.9 Å². The minimum Gasteiger partial charge on any atom is -0.456 e. The summed E-state index contributed by atoms with van der Waals surface area (Å²) in [5, 5.41) is 0. The minimum absolute atomic E-state index is 0.324. The normalized spacial score (nSPS) is 12.1. The Balaban J connectivity index is 2.80. The lowest BCUT2D eigenvalue weighted by Gasteiger charge is -2.20. The molecule has 0 saturated carbocycles. The summed E-state index contributed by atoms with van der Waals surface area (Å²) in [5.41, 5.74) is 6.91. The molecule has 122 valence electrons. The Kier molecular flexibility index (Phi) is 6.40. The van der Waals surface area contributed by atoms with E-state index in [0.717, 1.165) is 18.7 Å². The van der Waals surface area contributed by atoms with Crippen LogP contribution in [-0.2, 0) is 11.3 Å². The van der Waals surface area contributed by atoms with Crippen LogP contribution in [-0.4, -0.2) is 35.5 Å². The summed E-state index contributed by atoms with van der Waals surface area (Å²) in [7, 11) is 0. The van der Waals surface area contributed by atoms with Gasteiger partial charge in [-0.3, -0.25) is 0 Å². The molecule has 0 heterocycles. The van der Waals surface area contributed by atoms with Gasteiger partial charge in [0.1, 0.15) is 5.60 Å². The quantitative estimate of drug-likeness (QED) is 0.516. The van der Waals surface area contributed by atoms with Crippen LogP contribution in [0.2, 0.25) is 0 Å². The first-order chi connectivity index (χ1) is 10.3. The third-order valence-corrected chi connectivity index (χ3v) is 3.07. The predicted octanol–water partition coefficient (Wildman–Crippen LogP) is 2.80. The Hall–Kier alpha value is -2.04. The monoisotopic (exact) mass is 305 g/mol. The summed E-state index contributed by atoms with van der Waals surface area (Å²) in [6, 6.07) is 7.30. The lowest BCUT2D eigenvalue weighted by Crippen LogP contribution is -2.37. The average Bonchev–Trinajstić information content (AvgIpc) is 2.45. The molecule has 0 aliphatic rings. The summed E-state index contributed by atoms with van der Waals surface area (Å²) in [6.45, 7) is 11.7. The Morgan fingerprint density at radius 2 is 1.91 bits per heavy atom. The van der Waals surface area contributed by atoms with Crippen LogP contribution < -0.4 is 5.73 Å². The second-order valence-electron chi connectivity index (χ2n) is 6.05. The molecule has 0 fully saturated rings. The van der Waals surface area contributed by atoms with E-state index in [0.29, 0.717) is 18.1 Å². The average molecular weight is 305 g/mol.